The second kappa shape index (κ2) is 6.79. The minimum absolute atomic E-state index is 0.0683. The molecule has 2 aromatic rings. The second-order valence-corrected chi connectivity index (χ2v) is 5.51. The van der Waals surface area contributed by atoms with E-state index in [0.29, 0.717) is 12.1 Å². The predicted molar refractivity (Wildman–Crippen MR) is 86.2 cm³/mol. The lowest BCUT2D eigenvalue weighted by atomic mass is 9.94. The number of nitrogens with one attached hydrogen (secondary N) is 2. The Hall–Kier alpha value is -2.40. The normalized spacial score (nSPS) is 16.5. The van der Waals surface area contributed by atoms with Crippen LogP contribution in [0.4, 0.5) is 4.39 Å². The highest BCUT2D eigenvalue weighted by atomic mass is 19.1. The van der Waals surface area contributed by atoms with Gasteiger partial charge in [-0.3, -0.25) is 4.79 Å². The summed E-state index contributed by atoms with van der Waals surface area (Å²) in [7, 11) is 1.38. The Morgan fingerprint density at radius 3 is 3.00 bits per heavy atom. The third-order valence-corrected chi connectivity index (χ3v) is 4.10. The van der Waals surface area contributed by atoms with Crippen LogP contribution in [0.2, 0.25) is 0 Å². The number of hydrogen-bond acceptors (Lipinski definition) is 3. The van der Waals surface area contributed by atoms with E-state index in [4.69, 9.17) is 4.74 Å². The molecule has 3 rings (SSSR count). The van der Waals surface area contributed by atoms with Gasteiger partial charge in [0.25, 0.3) is 5.91 Å². The summed E-state index contributed by atoms with van der Waals surface area (Å²) in [5.41, 5.74) is 2.91. The number of fused-ring (bicyclic) bond motifs is 1. The molecule has 23 heavy (non-hydrogen) atoms. The minimum atomic E-state index is -0.480. The molecule has 1 aliphatic heterocycles. The van der Waals surface area contributed by atoms with Crippen LogP contribution in [0.5, 0.6) is 5.75 Å². The van der Waals surface area contributed by atoms with Crippen molar-refractivity contribution >= 4 is 5.91 Å². The largest absolute Gasteiger partial charge is 0.494 e. The molecule has 1 amide bonds. The smallest absolute Gasteiger partial charge is 0.251 e. The molecule has 2 aromatic carbocycles. The number of carbonyl (C=O) groups excluding carboxylic acids is 1. The molecule has 1 aliphatic rings. The summed E-state index contributed by atoms with van der Waals surface area (Å²) in [4.78, 5) is 12.3. The van der Waals surface area contributed by atoms with Crippen LogP contribution in [0.25, 0.3) is 0 Å². The van der Waals surface area contributed by atoms with Crippen molar-refractivity contribution in [3.05, 3.63) is 65.0 Å². The number of benzene rings is 2. The summed E-state index contributed by atoms with van der Waals surface area (Å²) in [5.74, 6) is -0.654. The maximum absolute atomic E-state index is 13.4. The van der Waals surface area contributed by atoms with E-state index in [-0.39, 0.29) is 17.7 Å². The van der Waals surface area contributed by atoms with E-state index in [1.807, 2.05) is 12.1 Å². The molecule has 0 fully saturated rings. The van der Waals surface area contributed by atoms with Crippen LogP contribution in [-0.2, 0) is 6.42 Å². The lowest BCUT2D eigenvalue weighted by Crippen LogP contribution is -2.38. The second-order valence-electron chi connectivity index (χ2n) is 5.51. The zero-order valence-corrected chi connectivity index (χ0v) is 12.9. The number of ether oxygens (including phenoxy) is 1. The molecule has 0 bridgehead atoms. The Bertz CT molecular complexity index is 718. The highest BCUT2D eigenvalue weighted by Crippen LogP contribution is 2.22. The first-order valence-electron chi connectivity index (χ1n) is 7.62. The summed E-state index contributed by atoms with van der Waals surface area (Å²) in [6.45, 7) is 1.37. The van der Waals surface area contributed by atoms with Crippen LogP contribution in [-0.4, -0.2) is 26.1 Å². The van der Waals surface area contributed by atoms with Crippen molar-refractivity contribution in [2.24, 2.45) is 0 Å². The van der Waals surface area contributed by atoms with Crippen molar-refractivity contribution in [1.82, 2.24) is 10.6 Å². The topological polar surface area (TPSA) is 50.4 Å². The molecule has 1 atom stereocenters. The molecule has 0 spiro atoms. The van der Waals surface area contributed by atoms with Crippen LogP contribution in [0.15, 0.2) is 42.5 Å². The third-order valence-electron chi connectivity index (χ3n) is 4.10. The first-order valence-corrected chi connectivity index (χ1v) is 7.62. The Labute approximate surface area is 134 Å². The summed E-state index contributed by atoms with van der Waals surface area (Å²) in [6.07, 6.45) is 0.996. The van der Waals surface area contributed by atoms with Crippen molar-refractivity contribution in [2.45, 2.75) is 12.5 Å². The van der Waals surface area contributed by atoms with Gasteiger partial charge in [-0.2, -0.15) is 0 Å². The van der Waals surface area contributed by atoms with Gasteiger partial charge in [0, 0.05) is 18.2 Å². The summed E-state index contributed by atoms with van der Waals surface area (Å²) in [5, 5.41) is 6.32. The van der Waals surface area contributed by atoms with Crippen LogP contribution in [0.3, 0.4) is 0 Å². The fraction of sp³-hybridized carbons (Fsp3) is 0.278. The van der Waals surface area contributed by atoms with Gasteiger partial charge in [0.1, 0.15) is 0 Å². The molecular formula is C18H19FN2O2. The average Bonchev–Trinajstić information content (AvgIpc) is 2.60. The Balaban J connectivity index is 1.68. The quantitative estimate of drug-likeness (QED) is 0.911. The summed E-state index contributed by atoms with van der Waals surface area (Å²) in [6, 6.07) is 12.4. The number of methoxy groups -OCH3 is 1. The van der Waals surface area contributed by atoms with E-state index < -0.39 is 5.82 Å². The van der Waals surface area contributed by atoms with Gasteiger partial charge in [-0.15, -0.1) is 0 Å². The zero-order valence-electron chi connectivity index (χ0n) is 12.9. The molecule has 4 nitrogen and oxygen atoms in total. The number of rotatable bonds is 4. The van der Waals surface area contributed by atoms with Crippen molar-refractivity contribution in [2.75, 3.05) is 20.2 Å². The van der Waals surface area contributed by atoms with E-state index in [1.54, 1.807) is 0 Å². The molecular weight excluding hydrogens is 295 g/mol. The number of amides is 1. The molecule has 0 saturated heterocycles. The molecule has 2 N–H and O–H groups in total. The first-order chi connectivity index (χ1) is 11.2. The van der Waals surface area contributed by atoms with Gasteiger partial charge >= 0.3 is 0 Å². The molecule has 0 radical (unpaired) electrons. The van der Waals surface area contributed by atoms with Gasteiger partial charge in [-0.1, -0.05) is 24.3 Å². The lowest BCUT2D eigenvalue weighted by molar-refractivity contribution is 0.0948. The minimum Gasteiger partial charge on any atom is -0.494 e. The van der Waals surface area contributed by atoms with Gasteiger partial charge in [0.05, 0.1) is 7.11 Å². The monoisotopic (exact) mass is 314 g/mol. The van der Waals surface area contributed by atoms with E-state index >= 15 is 0 Å². The summed E-state index contributed by atoms with van der Waals surface area (Å²) >= 11 is 0. The Kier molecular flexibility index (Phi) is 4.57. The van der Waals surface area contributed by atoms with Gasteiger partial charge < -0.3 is 15.4 Å². The fourth-order valence-electron chi connectivity index (χ4n) is 2.87. The Morgan fingerprint density at radius 1 is 1.35 bits per heavy atom. The van der Waals surface area contributed by atoms with Gasteiger partial charge in [-0.25, -0.2) is 4.39 Å². The van der Waals surface area contributed by atoms with Crippen LogP contribution in [0.1, 0.15) is 27.5 Å². The number of hydrogen-bond donors (Lipinski definition) is 2. The van der Waals surface area contributed by atoms with Gasteiger partial charge in [0.15, 0.2) is 11.6 Å². The lowest BCUT2D eigenvalue weighted by Gasteiger charge is -2.27. The van der Waals surface area contributed by atoms with Crippen molar-refractivity contribution in [3.8, 4) is 5.75 Å². The number of halogens is 1. The molecule has 0 aromatic heterocycles. The molecule has 0 saturated carbocycles. The summed E-state index contributed by atoms with van der Waals surface area (Å²) < 4.78 is 18.3. The third kappa shape index (κ3) is 3.35. The van der Waals surface area contributed by atoms with Crippen LogP contribution >= 0.6 is 0 Å². The van der Waals surface area contributed by atoms with E-state index in [0.717, 1.165) is 13.0 Å². The molecule has 1 unspecified atom stereocenters. The fourth-order valence-corrected chi connectivity index (χ4v) is 2.87. The standard InChI is InChI=1S/C18H19FN2O2/c1-23-17-10-13(6-7-15(17)19)18(22)21-11-16-14-5-3-2-4-12(14)8-9-20-16/h2-7,10,16,20H,8-9,11H2,1H3,(H,21,22). The molecule has 120 valence electrons. The maximum Gasteiger partial charge on any atom is 0.251 e. The molecule has 0 aliphatic carbocycles. The van der Waals surface area contributed by atoms with Gasteiger partial charge in [-0.05, 0) is 42.3 Å². The zero-order chi connectivity index (χ0) is 16.2. The van der Waals surface area contributed by atoms with Gasteiger partial charge in [0.2, 0.25) is 0 Å². The van der Waals surface area contributed by atoms with Crippen molar-refractivity contribution in [3.63, 3.8) is 0 Å². The van der Waals surface area contributed by atoms with Crippen molar-refractivity contribution in [1.29, 1.82) is 0 Å². The van der Waals surface area contributed by atoms with E-state index in [2.05, 4.69) is 22.8 Å². The Morgan fingerprint density at radius 2 is 2.17 bits per heavy atom. The SMILES string of the molecule is COc1cc(C(=O)NCC2NCCc3ccccc32)ccc1F. The first kappa shape index (κ1) is 15.5. The highest BCUT2D eigenvalue weighted by Gasteiger charge is 2.20. The van der Waals surface area contributed by atoms with Crippen molar-refractivity contribution < 1.29 is 13.9 Å². The van der Waals surface area contributed by atoms with E-state index in [9.17, 15) is 9.18 Å². The predicted octanol–water partition coefficient (Wildman–Crippen LogP) is 2.45. The molecule has 1 heterocycles. The van der Waals surface area contributed by atoms with Crippen LogP contribution in [0, 0.1) is 5.82 Å². The molecule has 5 heteroatoms. The average molecular weight is 314 g/mol. The van der Waals surface area contributed by atoms with Crippen LogP contribution < -0.4 is 15.4 Å². The highest BCUT2D eigenvalue weighted by molar-refractivity contribution is 5.94. The maximum atomic E-state index is 13.4. The van der Waals surface area contributed by atoms with E-state index in [1.165, 1.54) is 36.4 Å². The number of carbonyl (C=O) groups is 1.